The lowest BCUT2D eigenvalue weighted by Crippen LogP contribution is -2.25. The predicted molar refractivity (Wildman–Crippen MR) is 71.2 cm³/mol. The summed E-state index contributed by atoms with van der Waals surface area (Å²) in [6.45, 7) is 6.18. The number of carbonyl (C=O) groups is 2. The quantitative estimate of drug-likeness (QED) is 0.556. The van der Waals surface area contributed by atoms with Crippen LogP contribution in [0, 0.1) is 5.41 Å². The molecular weight excluding hydrogens is 228 g/mol. The first-order valence-corrected chi connectivity index (χ1v) is 6.82. The van der Waals surface area contributed by atoms with Crippen LogP contribution in [0.25, 0.3) is 0 Å². The van der Waals surface area contributed by atoms with E-state index in [4.69, 9.17) is 4.74 Å². The highest BCUT2D eigenvalue weighted by atomic mass is 16.5. The highest BCUT2D eigenvalue weighted by molar-refractivity contribution is 5.87. The number of rotatable bonds is 5. The van der Waals surface area contributed by atoms with E-state index >= 15 is 0 Å². The maximum Gasteiger partial charge on any atom is 0.333 e. The standard InChI is InChI=1S/C15H24O3/c1-4-18-14(17)12(2)7-5-9-15(3)10-6-8-13(16)11-15/h7H,4-6,8-11H2,1-3H3/b12-7+/t15-/m0/s1. The lowest BCUT2D eigenvalue weighted by atomic mass is 9.72. The van der Waals surface area contributed by atoms with Gasteiger partial charge in [-0.25, -0.2) is 4.79 Å². The molecule has 1 saturated carbocycles. The van der Waals surface area contributed by atoms with Crippen LogP contribution >= 0.6 is 0 Å². The molecule has 0 N–H and O–H groups in total. The SMILES string of the molecule is CCOC(=O)/C(C)=C/CC[C@@]1(C)CCCC(=O)C1. The minimum Gasteiger partial charge on any atom is -0.463 e. The van der Waals surface area contributed by atoms with Crippen molar-refractivity contribution < 1.29 is 14.3 Å². The van der Waals surface area contributed by atoms with Gasteiger partial charge in [-0.3, -0.25) is 4.79 Å². The molecule has 0 aromatic rings. The van der Waals surface area contributed by atoms with E-state index in [9.17, 15) is 9.59 Å². The Morgan fingerprint density at radius 2 is 2.22 bits per heavy atom. The van der Waals surface area contributed by atoms with Gasteiger partial charge in [0.25, 0.3) is 0 Å². The molecule has 1 atom stereocenters. The van der Waals surface area contributed by atoms with Crippen LogP contribution in [0.1, 0.15) is 59.3 Å². The molecule has 0 heterocycles. The monoisotopic (exact) mass is 252 g/mol. The zero-order valence-corrected chi connectivity index (χ0v) is 11.8. The molecule has 3 heteroatoms. The van der Waals surface area contributed by atoms with E-state index in [2.05, 4.69) is 6.92 Å². The van der Waals surface area contributed by atoms with Gasteiger partial charge < -0.3 is 4.74 Å². The molecule has 18 heavy (non-hydrogen) atoms. The van der Waals surface area contributed by atoms with Gasteiger partial charge in [0.1, 0.15) is 5.78 Å². The first-order valence-electron chi connectivity index (χ1n) is 6.82. The minimum absolute atomic E-state index is 0.126. The third-order valence-electron chi connectivity index (χ3n) is 3.66. The second-order valence-corrected chi connectivity index (χ2v) is 5.53. The van der Waals surface area contributed by atoms with Crippen molar-refractivity contribution in [2.75, 3.05) is 6.61 Å². The second kappa shape index (κ2) is 6.72. The van der Waals surface area contributed by atoms with Gasteiger partial charge in [0, 0.05) is 18.4 Å². The molecule has 3 nitrogen and oxygen atoms in total. The van der Waals surface area contributed by atoms with E-state index in [1.807, 2.05) is 6.08 Å². The molecule has 0 bridgehead atoms. The fourth-order valence-corrected chi connectivity index (χ4v) is 2.54. The molecule has 1 aliphatic rings. The average molecular weight is 252 g/mol. The summed E-state index contributed by atoms with van der Waals surface area (Å²) in [6.07, 6.45) is 7.31. The summed E-state index contributed by atoms with van der Waals surface area (Å²) < 4.78 is 4.93. The molecular formula is C15H24O3. The Balaban J connectivity index is 2.42. The summed E-state index contributed by atoms with van der Waals surface area (Å²) in [6, 6.07) is 0. The van der Waals surface area contributed by atoms with Gasteiger partial charge in [-0.15, -0.1) is 0 Å². The average Bonchev–Trinajstić information content (AvgIpc) is 2.28. The normalized spacial score (nSPS) is 25.1. The first kappa shape index (κ1) is 14.9. The second-order valence-electron chi connectivity index (χ2n) is 5.53. The maximum atomic E-state index is 11.5. The Kier molecular flexibility index (Phi) is 5.57. The van der Waals surface area contributed by atoms with Crippen LogP contribution in [-0.4, -0.2) is 18.4 Å². The number of allylic oxidation sites excluding steroid dienone is 1. The van der Waals surface area contributed by atoms with Crippen molar-refractivity contribution in [2.24, 2.45) is 5.41 Å². The van der Waals surface area contributed by atoms with Crippen molar-refractivity contribution in [3.05, 3.63) is 11.6 Å². The van der Waals surface area contributed by atoms with Crippen molar-refractivity contribution in [2.45, 2.75) is 59.3 Å². The van der Waals surface area contributed by atoms with Crippen molar-refractivity contribution in [3.8, 4) is 0 Å². The number of Topliss-reactive ketones (excluding diaryl/α,β-unsaturated/α-hetero) is 1. The zero-order valence-electron chi connectivity index (χ0n) is 11.8. The molecule has 0 aliphatic heterocycles. The van der Waals surface area contributed by atoms with Crippen LogP contribution in [-0.2, 0) is 14.3 Å². The number of ketones is 1. The molecule has 1 fully saturated rings. The third-order valence-corrected chi connectivity index (χ3v) is 3.66. The van der Waals surface area contributed by atoms with Crippen LogP contribution < -0.4 is 0 Å². The van der Waals surface area contributed by atoms with Gasteiger partial charge in [0.05, 0.1) is 6.61 Å². The number of carbonyl (C=O) groups excluding carboxylic acids is 2. The van der Waals surface area contributed by atoms with Gasteiger partial charge in [-0.2, -0.15) is 0 Å². The van der Waals surface area contributed by atoms with E-state index in [0.717, 1.165) is 32.1 Å². The molecule has 0 spiro atoms. The molecule has 0 amide bonds. The molecule has 0 saturated heterocycles. The van der Waals surface area contributed by atoms with Gasteiger partial charge in [-0.1, -0.05) is 13.0 Å². The highest BCUT2D eigenvalue weighted by Gasteiger charge is 2.30. The maximum absolute atomic E-state index is 11.5. The Labute approximate surface area is 110 Å². The van der Waals surface area contributed by atoms with E-state index in [1.165, 1.54) is 0 Å². The Bertz CT molecular complexity index is 344. The lowest BCUT2D eigenvalue weighted by molar-refractivity contribution is -0.138. The number of hydrogen-bond donors (Lipinski definition) is 0. The Hall–Kier alpha value is -1.12. The molecule has 0 aromatic heterocycles. The number of esters is 1. The molecule has 0 unspecified atom stereocenters. The summed E-state index contributed by atoms with van der Waals surface area (Å²) in [5, 5.41) is 0. The van der Waals surface area contributed by atoms with E-state index < -0.39 is 0 Å². The van der Waals surface area contributed by atoms with Gasteiger partial charge >= 0.3 is 5.97 Å². The molecule has 102 valence electrons. The van der Waals surface area contributed by atoms with Crippen molar-refractivity contribution >= 4 is 11.8 Å². The van der Waals surface area contributed by atoms with E-state index in [0.29, 0.717) is 24.4 Å². The number of ether oxygens (including phenoxy) is 1. The van der Waals surface area contributed by atoms with Crippen LogP contribution in [0.15, 0.2) is 11.6 Å². The summed E-state index contributed by atoms with van der Waals surface area (Å²) >= 11 is 0. The Morgan fingerprint density at radius 3 is 2.83 bits per heavy atom. The molecule has 0 radical (unpaired) electrons. The van der Waals surface area contributed by atoms with Gasteiger partial charge in [0.2, 0.25) is 0 Å². The van der Waals surface area contributed by atoms with E-state index in [-0.39, 0.29) is 11.4 Å². The largest absolute Gasteiger partial charge is 0.463 e. The fourth-order valence-electron chi connectivity index (χ4n) is 2.54. The van der Waals surface area contributed by atoms with Crippen LogP contribution in [0.4, 0.5) is 0 Å². The van der Waals surface area contributed by atoms with Gasteiger partial charge in [0.15, 0.2) is 0 Å². The van der Waals surface area contributed by atoms with E-state index in [1.54, 1.807) is 13.8 Å². The summed E-state index contributed by atoms with van der Waals surface area (Å²) in [7, 11) is 0. The van der Waals surface area contributed by atoms with Crippen LogP contribution in [0.3, 0.4) is 0 Å². The molecule has 1 aliphatic carbocycles. The van der Waals surface area contributed by atoms with Crippen molar-refractivity contribution in [1.82, 2.24) is 0 Å². The zero-order chi connectivity index (χ0) is 13.6. The third kappa shape index (κ3) is 4.63. The summed E-state index contributed by atoms with van der Waals surface area (Å²) in [5.74, 6) is 0.150. The minimum atomic E-state index is -0.234. The summed E-state index contributed by atoms with van der Waals surface area (Å²) in [4.78, 5) is 22.9. The first-order chi connectivity index (χ1) is 8.47. The fraction of sp³-hybridized carbons (Fsp3) is 0.733. The number of hydrogen-bond acceptors (Lipinski definition) is 3. The lowest BCUT2D eigenvalue weighted by Gasteiger charge is -2.32. The van der Waals surface area contributed by atoms with Crippen molar-refractivity contribution in [1.29, 1.82) is 0 Å². The summed E-state index contributed by atoms with van der Waals surface area (Å²) in [5.41, 5.74) is 0.795. The van der Waals surface area contributed by atoms with Crippen LogP contribution in [0.5, 0.6) is 0 Å². The molecule has 1 rings (SSSR count). The Morgan fingerprint density at radius 1 is 1.50 bits per heavy atom. The van der Waals surface area contributed by atoms with Gasteiger partial charge in [-0.05, 0) is 44.9 Å². The molecule has 0 aromatic carbocycles. The topological polar surface area (TPSA) is 43.4 Å². The predicted octanol–water partition coefficient (Wildman–Crippen LogP) is 3.43. The smallest absolute Gasteiger partial charge is 0.333 e. The highest BCUT2D eigenvalue weighted by Crippen LogP contribution is 2.38. The van der Waals surface area contributed by atoms with Crippen molar-refractivity contribution in [3.63, 3.8) is 0 Å². The van der Waals surface area contributed by atoms with Crippen LogP contribution in [0.2, 0.25) is 0 Å².